The van der Waals surface area contributed by atoms with Crippen LogP contribution in [0.2, 0.25) is 0 Å². The Morgan fingerprint density at radius 1 is 1.07 bits per heavy atom. The molecule has 0 fully saturated rings. The Morgan fingerprint density at radius 3 is 2.63 bits per heavy atom. The van der Waals surface area contributed by atoms with Gasteiger partial charge in [0.15, 0.2) is 0 Å². The van der Waals surface area contributed by atoms with Crippen LogP contribution in [0.4, 0.5) is 10.1 Å². The summed E-state index contributed by atoms with van der Waals surface area (Å²) in [4.78, 5) is 14.7. The molecule has 0 aliphatic carbocycles. The van der Waals surface area contributed by atoms with E-state index in [9.17, 15) is 9.18 Å². The van der Waals surface area contributed by atoms with Gasteiger partial charge in [-0.05, 0) is 37.3 Å². The topological polar surface area (TPSA) is 37.3 Å². The molecule has 1 aliphatic rings. The zero-order valence-electron chi connectivity index (χ0n) is 15.2. The SMILES string of the molecule is Cc1ccc(NC(=O)CN2CCn3cccc3C2c2ccccc2F)cc1. The fourth-order valence-electron chi connectivity index (χ4n) is 3.68. The molecule has 138 valence electrons. The Bertz CT molecular complexity index is 948. The van der Waals surface area contributed by atoms with Crippen LogP contribution in [0.25, 0.3) is 0 Å². The van der Waals surface area contributed by atoms with Gasteiger partial charge in [-0.25, -0.2) is 4.39 Å². The average molecular weight is 363 g/mol. The maximum Gasteiger partial charge on any atom is 0.238 e. The monoisotopic (exact) mass is 363 g/mol. The molecule has 3 aromatic rings. The van der Waals surface area contributed by atoms with Gasteiger partial charge < -0.3 is 9.88 Å². The zero-order chi connectivity index (χ0) is 18.8. The van der Waals surface area contributed by atoms with Gasteiger partial charge >= 0.3 is 0 Å². The van der Waals surface area contributed by atoms with E-state index < -0.39 is 0 Å². The minimum atomic E-state index is -0.279. The maximum absolute atomic E-state index is 14.5. The summed E-state index contributed by atoms with van der Waals surface area (Å²) in [6.07, 6.45) is 2.01. The first-order valence-electron chi connectivity index (χ1n) is 9.12. The van der Waals surface area contributed by atoms with Gasteiger partial charge in [-0.15, -0.1) is 0 Å². The number of halogens is 1. The Kier molecular flexibility index (Phi) is 4.77. The van der Waals surface area contributed by atoms with E-state index >= 15 is 0 Å². The van der Waals surface area contributed by atoms with Gasteiger partial charge in [-0.1, -0.05) is 35.9 Å². The van der Waals surface area contributed by atoms with Crippen molar-refractivity contribution < 1.29 is 9.18 Å². The molecule has 1 unspecified atom stereocenters. The van der Waals surface area contributed by atoms with Crippen LogP contribution in [0.1, 0.15) is 22.9 Å². The first-order valence-corrected chi connectivity index (χ1v) is 9.12. The minimum Gasteiger partial charge on any atom is -0.348 e. The zero-order valence-corrected chi connectivity index (χ0v) is 15.2. The number of nitrogens with zero attached hydrogens (tertiary/aromatic N) is 2. The molecule has 0 bridgehead atoms. The lowest BCUT2D eigenvalue weighted by Crippen LogP contribution is -2.43. The first kappa shape index (κ1) is 17.5. The van der Waals surface area contributed by atoms with Gasteiger partial charge in [0.05, 0.1) is 12.6 Å². The molecule has 0 spiro atoms. The van der Waals surface area contributed by atoms with Crippen LogP contribution in [-0.4, -0.2) is 28.5 Å². The van der Waals surface area contributed by atoms with Gasteiger partial charge in [-0.2, -0.15) is 0 Å². The standard InChI is InChI=1S/C22H22FN3O/c1-16-8-10-17(11-9-16)24-21(27)15-26-14-13-25-12-4-7-20(25)22(26)18-5-2-3-6-19(18)23/h2-12,22H,13-15H2,1H3,(H,24,27). The third-order valence-electron chi connectivity index (χ3n) is 5.02. The number of rotatable bonds is 4. The molecule has 1 aromatic heterocycles. The number of amides is 1. The Balaban J connectivity index is 1.58. The third-order valence-corrected chi connectivity index (χ3v) is 5.02. The van der Waals surface area contributed by atoms with E-state index in [2.05, 4.69) is 9.88 Å². The summed E-state index contributed by atoms with van der Waals surface area (Å²) in [5, 5.41) is 2.94. The molecule has 0 saturated heterocycles. The molecule has 1 N–H and O–H groups in total. The molecule has 0 saturated carbocycles. The smallest absolute Gasteiger partial charge is 0.238 e. The van der Waals surface area contributed by atoms with Crippen LogP contribution in [0, 0.1) is 12.7 Å². The fourth-order valence-corrected chi connectivity index (χ4v) is 3.68. The number of hydrogen-bond donors (Lipinski definition) is 1. The predicted octanol–water partition coefficient (Wildman–Crippen LogP) is 3.98. The van der Waals surface area contributed by atoms with Crippen LogP contribution in [-0.2, 0) is 11.3 Å². The number of hydrogen-bond acceptors (Lipinski definition) is 2. The quantitative estimate of drug-likeness (QED) is 0.761. The van der Waals surface area contributed by atoms with Gasteiger partial charge in [0.1, 0.15) is 5.82 Å². The number of aryl methyl sites for hydroxylation is 1. The second-order valence-corrected chi connectivity index (χ2v) is 6.94. The number of aromatic nitrogens is 1. The molecule has 2 heterocycles. The molecule has 2 aromatic carbocycles. The van der Waals surface area contributed by atoms with E-state index in [-0.39, 0.29) is 24.3 Å². The van der Waals surface area contributed by atoms with Crippen LogP contribution in [0.15, 0.2) is 66.9 Å². The normalized spacial score (nSPS) is 16.7. The van der Waals surface area contributed by atoms with Crippen LogP contribution < -0.4 is 5.32 Å². The Morgan fingerprint density at radius 2 is 1.85 bits per heavy atom. The van der Waals surface area contributed by atoms with Gasteiger partial charge in [0.25, 0.3) is 0 Å². The van der Waals surface area contributed by atoms with Crippen molar-refractivity contribution in [2.45, 2.75) is 19.5 Å². The highest BCUT2D eigenvalue weighted by molar-refractivity contribution is 5.92. The second-order valence-electron chi connectivity index (χ2n) is 6.94. The second kappa shape index (κ2) is 7.37. The van der Waals surface area contributed by atoms with Crippen molar-refractivity contribution in [1.29, 1.82) is 0 Å². The van der Waals surface area contributed by atoms with Crippen molar-refractivity contribution in [3.8, 4) is 0 Å². The Labute approximate surface area is 158 Å². The van der Waals surface area contributed by atoms with Gasteiger partial charge in [0.2, 0.25) is 5.91 Å². The summed E-state index contributed by atoms with van der Waals surface area (Å²) in [5.41, 5.74) is 3.52. The van der Waals surface area contributed by atoms with E-state index in [1.54, 1.807) is 12.1 Å². The lowest BCUT2D eigenvalue weighted by atomic mass is 9.99. The molecular weight excluding hydrogens is 341 g/mol. The van der Waals surface area contributed by atoms with Crippen molar-refractivity contribution in [3.63, 3.8) is 0 Å². The van der Waals surface area contributed by atoms with Crippen molar-refractivity contribution in [2.24, 2.45) is 0 Å². The first-order chi connectivity index (χ1) is 13.1. The molecule has 5 heteroatoms. The van der Waals surface area contributed by atoms with Crippen molar-refractivity contribution >= 4 is 11.6 Å². The molecule has 4 nitrogen and oxygen atoms in total. The molecule has 0 radical (unpaired) electrons. The lowest BCUT2D eigenvalue weighted by molar-refractivity contribution is -0.118. The van der Waals surface area contributed by atoms with E-state index in [1.165, 1.54) is 6.07 Å². The van der Waals surface area contributed by atoms with Crippen LogP contribution in [0.5, 0.6) is 0 Å². The molecule has 4 rings (SSSR count). The lowest BCUT2D eigenvalue weighted by Gasteiger charge is -2.37. The summed E-state index contributed by atoms with van der Waals surface area (Å²) in [5.74, 6) is -0.346. The summed E-state index contributed by atoms with van der Waals surface area (Å²) in [6.45, 7) is 3.68. The van der Waals surface area contributed by atoms with Crippen molar-refractivity contribution in [1.82, 2.24) is 9.47 Å². The van der Waals surface area contributed by atoms with Crippen molar-refractivity contribution in [3.05, 3.63) is 89.5 Å². The number of carbonyl (C=O) groups is 1. The van der Waals surface area contributed by atoms with E-state index in [4.69, 9.17) is 0 Å². The predicted molar refractivity (Wildman–Crippen MR) is 104 cm³/mol. The number of nitrogens with one attached hydrogen (secondary N) is 1. The fraction of sp³-hybridized carbons (Fsp3) is 0.227. The van der Waals surface area contributed by atoms with E-state index in [1.807, 2.05) is 60.5 Å². The number of carbonyl (C=O) groups excluding carboxylic acids is 1. The molecule has 27 heavy (non-hydrogen) atoms. The van der Waals surface area contributed by atoms with Gasteiger partial charge in [0, 0.05) is 36.2 Å². The highest BCUT2D eigenvalue weighted by Gasteiger charge is 2.31. The molecule has 1 amide bonds. The summed E-state index contributed by atoms with van der Waals surface area (Å²) in [6, 6.07) is 18.2. The summed E-state index contributed by atoms with van der Waals surface area (Å²) in [7, 11) is 0. The van der Waals surface area contributed by atoms with E-state index in [0.29, 0.717) is 12.1 Å². The summed E-state index contributed by atoms with van der Waals surface area (Å²) >= 11 is 0. The highest BCUT2D eigenvalue weighted by Crippen LogP contribution is 2.33. The number of fused-ring (bicyclic) bond motifs is 1. The minimum absolute atomic E-state index is 0.0970. The Hall–Kier alpha value is -2.92. The summed E-state index contributed by atoms with van der Waals surface area (Å²) < 4.78 is 16.7. The number of benzene rings is 2. The average Bonchev–Trinajstić information content (AvgIpc) is 3.13. The number of anilines is 1. The maximum atomic E-state index is 14.5. The molecule has 1 aliphatic heterocycles. The van der Waals surface area contributed by atoms with Crippen LogP contribution >= 0.6 is 0 Å². The van der Waals surface area contributed by atoms with E-state index in [0.717, 1.165) is 23.5 Å². The van der Waals surface area contributed by atoms with Crippen LogP contribution in [0.3, 0.4) is 0 Å². The molecular formula is C22H22FN3O. The largest absolute Gasteiger partial charge is 0.348 e. The van der Waals surface area contributed by atoms with Crippen molar-refractivity contribution in [2.75, 3.05) is 18.4 Å². The molecule has 1 atom stereocenters. The third kappa shape index (κ3) is 3.64. The highest BCUT2D eigenvalue weighted by atomic mass is 19.1. The van der Waals surface area contributed by atoms with Gasteiger partial charge in [-0.3, -0.25) is 9.69 Å².